The Balaban J connectivity index is 1.47. The standard InChI is InChI=1S/C27H25N5O4/c1-17(2)32-26-21(15-29-32)20(13-22(31-26)23-7-5-11-35-23)27(33)30-19-8-9-24(34-3)25(12-19)36-16-18-6-4-10-28-14-18/h4-15,17H,16H2,1-3H3,(H,30,33). The molecule has 1 amide bonds. The molecule has 1 aromatic carbocycles. The van der Waals surface area contributed by atoms with Crippen LogP contribution in [0, 0.1) is 0 Å². The quantitative estimate of drug-likeness (QED) is 0.310. The molecule has 4 heterocycles. The van der Waals surface area contributed by atoms with Crippen LogP contribution in [0.1, 0.15) is 35.8 Å². The first kappa shape index (κ1) is 23.1. The Labute approximate surface area is 207 Å². The van der Waals surface area contributed by atoms with Crippen LogP contribution < -0.4 is 14.8 Å². The van der Waals surface area contributed by atoms with E-state index in [0.29, 0.717) is 51.8 Å². The maximum Gasteiger partial charge on any atom is 0.256 e. The van der Waals surface area contributed by atoms with Crippen molar-refractivity contribution in [3.63, 3.8) is 0 Å². The van der Waals surface area contributed by atoms with Crippen molar-refractivity contribution >= 4 is 22.6 Å². The third-order valence-electron chi connectivity index (χ3n) is 5.61. The first-order valence-corrected chi connectivity index (χ1v) is 11.5. The molecule has 0 fully saturated rings. The van der Waals surface area contributed by atoms with Gasteiger partial charge < -0.3 is 19.2 Å². The Morgan fingerprint density at radius 1 is 1.11 bits per heavy atom. The molecule has 4 aromatic heterocycles. The lowest BCUT2D eigenvalue weighted by molar-refractivity contribution is 0.102. The molecule has 9 heteroatoms. The molecule has 1 N–H and O–H groups in total. The van der Waals surface area contributed by atoms with Crippen LogP contribution in [0.25, 0.3) is 22.5 Å². The molecule has 36 heavy (non-hydrogen) atoms. The Morgan fingerprint density at radius 2 is 2.00 bits per heavy atom. The molecule has 5 aromatic rings. The number of methoxy groups -OCH3 is 1. The zero-order valence-electron chi connectivity index (χ0n) is 20.1. The van der Waals surface area contributed by atoms with Gasteiger partial charge in [-0.3, -0.25) is 9.78 Å². The minimum Gasteiger partial charge on any atom is -0.493 e. The van der Waals surface area contributed by atoms with Crippen molar-refractivity contribution in [3.8, 4) is 23.0 Å². The predicted octanol–water partition coefficient (Wildman–Crippen LogP) is 5.51. The molecule has 5 rings (SSSR count). The molecule has 0 aliphatic carbocycles. The Bertz CT molecular complexity index is 1490. The molecule has 0 atom stereocenters. The van der Waals surface area contributed by atoms with E-state index in [1.165, 1.54) is 0 Å². The maximum atomic E-state index is 13.5. The summed E-state index contributed by atoms with van der Waals surface area (Å²) in [6, 6.07) is 14.4. The van der Waals surface area contributed by atoms with Gasteiger partial charge in [-0.15, -0.1) is 0 Å². The zero-order valence-corrected chi connectivity index (χ0v) is 20.1. The van der Waals surface area contributed by atoms with Gasteiger partial charge in [-0.05, 0) is 50.2 Å². The van der Waals surface area contributed by atoms with E-state index in [2.05, 4.69) is 15.4 Å². The van der Waals surface area contributed by atoms with E-state index in [1.807, 2.05) is 26.0 Å². The van der Waals surface area contributed by atoms with Gasteiger partial charge >= 0.3 is 0 Å². The van der Waals surface area contributed by atoms with E-state index in [9.17, 15) is 4.79 Å². The van der Waals surface area contributed by atoms with Crippen LogP contribution in [0.3, 0.4) is 0 Å². The van der Waals surface area contributed by atoms with Crippen molar-refractivity contribution in [1.29, 1.82) is 0 Å². The second kappa shape index (κ2) is 9.91. The smallest absolute Gasteiger partial charge is 0.256 e. The highest BCUT2D eigenvalue weighted by atomic mass is 16.5. The summed E-state index contributed by atoms with van der Waals surface area (Å²) in [7, 11) is 1.57. The summed E-state index contributed by atoms with van der Waals surface area (Å²) in [5.74, 6) is 1.32. The number of carbonyl (C=O) groups excluding carboxylic acids is 1. The summed E-state index contributed by atoms with van der Waals surface area (Å²) in [5, 5.41) is 8.08. The number of carbonyl (C=O) groups is 1. The number of pyridine rings is 2. The van der Waals surface area contributed by atoms with Crippen LogP contribution >= 0.6 is 0 Å². The summed E-state index contributed by atoms with van der Waals surface area (Å²) in [5.41, 5.74) is 3.07. The Hall–Kier alpha value is -4.66. The van der Waals surface area contributed by atoms with Gasteiger partial charge in [0.05, 0.1) is 30.5 Å². The number of amides is 1. The number of aromatic nitrogens is 4. The van der Waals surface area contributed by atoms with Gasteiger partial charge in [0.2, 0.25) is 0 Å². The number of furan rings is 1. The first-order chi connectivity index (χ1) is 17.5. The van der Waals surface area contributed by atoms with Gasteiger partial charge in [-0.1, -0.05) is 6.07 Å². The SMILES string of the molecule is COc1ccc(NC(=O)c2cc(-c3ccco3)nc3c2cnn3C(C)C)cc1OCc1cccnc1. The van der Waals surface area contributed by atoms with Crippen LogP contribution in [0.15, 0.2) is 77.8 Å². The first-order valence-electron chi connectivity index (χ1n) is 11.5. The van der Waals surface area contributed by atoms with Gasteiger partial charge in [-0.2, -0.15) is 5.10 Å². The minimum atomic E-state index is -0.304. The average molecular weight is 484 g/mol. The van der Waals surface area contributed by atoms with Crippen molar-refractivity contribution in [1.82, 2.24) is 19.7 Å². The van der Waals surface area contributed by atoms with Crippen molar-refractivity contribution < 1.29 is 18.7 Å². The van der Waals surface area contributed by atoms with Gasteiger partial charge in [0.1, 0.15) is 12.3 Å². The topological polar surface area (TPSA) is 104 Å². The fraction of sp³-hybridized carbons (Fsp3) is 0.185. The minimum absolute atomic E-state index is 0.0684. The predicted molar refractivity (Wildman–Crippen MR) is 135 cm³/mol. The molecule has 0 bridgehead atoms. The summed E-state index contributed by atoms with van der Waals surface area (Å²) >= 11 is 0. The number of benzene rings is 1. The van der Waals surface area contributed by atoms with E-state index in [0.717, 1.165) is 5.56 Å². The molecular formula is C27H25N5O4. The number of rotatable bonds is 8. The normalized spacial score (nSPS) is 11.1. The van der Waals surface area contributed by atoms with Crippen molar-refractivity contribution in [2.75, 3.05) is 12.4 Å². The highest BCUT2D eigenvalue weighted by Crippen LogP contribution is 2.32. The van der Waals surface area contributed by atoms with E-state index in [4.69, 9.17) is 18.9 Å². The van der Waals surface area contributed by atoms with Crippen LogP contribution in [-0.2, 0) is 6.61 Å². The zero-order chi connectivity index (χ0) is 25.1. The molecule has 9 nitrogen and oxygen atoms in total. The van der Waals surface area contributed by atoms with Crippen LogP contribution in [-0.4, -0.2) is 32.8 Å². The fourth-order valence-corrected chi connectivity index (χ4v) is 3.84. The molecule has 0 spiro atoms. The van der Waals surface area contributed by atoms with Gasteiger partial charge in [0, 0.05) is 35.8 Å². The number of hydrogen-bond acceptors (Lipinski definition) is 7. The van der Waals surface area contributed by atoms with Crippen molar-refractivity contribution in [3.05, 3.63) is 84.5 Å². The highest BCUT2D eigenvalue weighted by Gasteiger charge is 2.20. The average Bonchev–Trinajstić information content (AvgIpc) is 3.58. The maximum absolute atomic E-state index is 13.5. The highest BCUT2D eigenvalue weighted by molar-refractivity contribution is 6.12. The molecule has 0 saturated heterocycles. The van der Waals surface area contributed by atoms with Gasteiger partial charge in [0.15, 0.2) is 22.9 Å². The van der Waals surface area contributed by atoms with Crippen molar-refractivity contribution in [2.24, 2.45) is 0 Å². The van der Waals surface area contributed by atoms with Crippen molar-refractivity contribution in [2.45, 2.75) is 26.5 Å². The van der Waals surface area contributed by atoms with E-state index >= 15 is 0 Å². The number of ether oxygens (including phenoxy) is 2. The molecule has 0 radical (unpaired) electrons. The van der Waals surface area contributed by atoms with Gasteiger partial charge in [0.25, 0.3) is 5.91 Å². The lowest BCUT2D eigenvalue weighted by atomic mass is 10.1. The monoisotopic (exact) mass is 483 g/mol. The van der Waals surface area contributed by atoms with E-state index in [-0.39, 0.29) is 11.9 Å². The largest absolute Gasteiger partial charge is 0.493 e. The lowest BCUT2D eigenvalue weighted by Gasteiger charge is -2.14. The molecule has 0 unspecified atom stereocenters. The number of nitrogens with one attached hydrogen (secondary N) is 1. The number of fused-ring (bicyclic) bond motifs is 1. The number of nitrogens with zero attached hydrogens (tertiary/aromatic N) is 4. The third kappa shape index (κ3) is 4.63. The second-order valence-corrected chi connectivity index (χ2v) is 8.42. The summed E-state index contributed by atoms with van der Waals surface area (Å²) in [6.07, 6.45) is 6.68. The lowest BCUT2D eigenvalue weighted by Crippen LogP contribution is -2.13. The summed E-state index contributed by atoms with van der Waals surface area (Å²) in [6.45, 7) is 4.34. The number of hydrogen-bond donors (Lipinski definition) is 1. The Morgan fingerprint density at radius 3 is 2.72 bits per heavy atom. The summed E-state index contributed by atoms with van der Waals surface area (Å²) < 4.78 is 18.7. The van der Waals surface area contributed by atoms with E-state index < -0.39 is 0 Å². The van der Waals surface area contributed by atoms with Gasteiger partial charge in [-0.25, -0.2) is 9.67 Å². The third-order valence-corrected chi connectivity index (χ3v) is 5.61. The summed E-state index contributed by atoms with van der Waals surface area (Å²) in [4.78, 5) is 22.3. The fourth-order valence-electron chi connectivity index (χ4n) is 3.84. The molecule has 0 saturated carbocycles. The number of anilines is 1. The van der Waals surface area contributed by atoms with Crippen LogP contribution in [0.4, 0.5) is 5.69 Å². The Kier molecular flexibility index (Phi) is 6.36. The molecular weight excluding hydrogens is 458 g/mol. The molecule has 0 aliphatic rings. The molecule has 0 aliphatic heterocycles. The second-order valence-electron chi connectivity index (χ2n) is 8.42. The molecule has 182 valence electrons. The van der Waals surface area contributed by atoms with Crippen LogP contribution in [0.5, 0.6) is 11.5 Å². The van der Waals surface area contributed by atoms with E-state index in [1.54, 1.807) is 73.0 Å². The van der Waals surface area contributed by atoms with Crippen LogP contribution in [0.2, 0.25) is 0 Å².